The Labute approximate surface area is 212 Å². The number of carbonyl (C=O) groups is 1. The fourth-order valence-electron chi connectivity index (χ4n) is 3.81. The van der Waals surface area contributed by atoms with Crippen LogP contribution >= 0.6 is 46.4 Å². The number of benzene rings is 3. The number of phenols is 2. The van der Waals surface area contributed by atoms with Crippen molar-refractivity contribution in [3.63, 3.8) is 0 Å². The third-order valence-corrected chi connectivity index (χ3v) is 6.78. The molecule has 10 heteroatoms. The molecule has 0 bridgehead atoms. The Morgan fingerprint density at radius 3 is 1.80 bits per heavy atom. The number of aromatic hydroxyl groups is 2. The summed E-state index contributed by atoms with van der Waals surface area (Å²) >= 11 is 25.3. The molecule has 0 saturated carbocycles. The number of ether oxygens (including phenoxy) is 2. The number of halogens is 4. The molecule has 5 nitrogen and oxygen atoms in total. The molecule has 2 heterocycles. The monoisotopic (exact) mass is 491 g/mol. The number of esters is 1. The van der Waals surface area contributed by atoms with Crippen LogP contribution in [0.2, 0.25) is 20.1 Å². The minimum absolute atomic E-state index is 0. The van der Waals surface area contributed by atoms with Crippen LogP contribution in [0, 0.1) is 0 Å². The van der Waals surface area contributed by atoms with Gasteiger partial charge in [-0.3, -0.25) is 0 Å². The van der Waals surface area contributed by atoms with Gasteiger partial charge in [0, 0.05) is 28.8 Å². The predicted molar refractivity (Wildman–Crippen MR) is 108 cm³/mol. The second-order valence-corrected chi connectivity index (χ2v) is 8.05. The van der Waals surface area contributed by atoms with E-state index in [0.717, 1.165) is 0 Å². The fraction of sp³-hybridized carbons (Fsp3) is 0.0500. The summed E-state index contributed by atoms with van der Waals surface area (Å²) in [6, 6.07) is 8.68. The summed E-state index contributed by atoms with van der Waals surface area (Å²) < 4.78 is 11.7. The molecule has 0 aromatic heterocycles. The van der Waals surface area contributed by atoms with E-state index < -0.39 is 11.6 Å². The maximum atomic E-state index is 12.9. The molecule has 0 amide bonds. The van der Waals surface area contributed by atoms with Crippen molar-refractivity contribution in [1.29, 1.82) is 0 Å². The Kier molecular flexibility index (Phi) is 5.39. The van der Waals surface area contributed by atoms with Crippen LogP contribution in [0.5, 0.6) is 23.0 Å². The molecule has 2 aliphatic heterocycles. The van der Waals surface area contributed by atoms with E-state index in [-0.39, 0.29) is 83.8 Å². The number of rotatable bonds is 0. The Morgan fingerprint density at radius 1 is 0.767 bits per heavy atom. The molecule has 3 aromatic rings. The molecule has 0 fully saturated rings. The van der Waals surface area contributed by atoms with E-state index in [4.69, 9.17) is 55.9 Å². The van der Waals surface area contributed by atoms with E-state index in [1.165, 1.54) is 24.3 Å². The van der Waals surface area contributed by atoms with E-state index in [0.29, 0.717) is 11.1 Å². The quantitative estimate of drug-likeness (QED) is 0.218. The third-order valence-electron chi connectivity index (χ3n) is 4.98. The van der Waals surface area contributed by atoms with Gasteiger partial charge < -0.3 is 19.7 Å². The minimum atomic E-state index is -1.56. The first kappa shape index (κ1) is 21.9. The molecule has 0 unspecified atom stereocenters. The number of carbonyl (C=O) groups excluding carboxylic acids is 1. The van der Waals surface area contributed by atoms with Gasteiger partial charge in [0.25, 0.3) is 0 Å². The Morgan fingerprint density at radius 2 is 1.27 bits per heavy atom. The van der Waals surface area contributed by atoms with Crippen molar-refractivity contribution in [2.75, 3.05) is 0 Å². The molecular formula is C20H8Cl4NaO5+. The second kappa shape index (κ2) is 7.38. The zero-order valence-electron chi connectivity index (χ0n) is 15.1. The van der Waals surface area contributed by atoms with Crippen LogP contribution in [0.3, 0.4) is 0 Å². The maximum absolute atomic E-state index is 12.9. The van der Waals surface area contributed by atoms with Gasteiger partial charge >= 0.3 is 35.5 Å². The largest absolute Gasteiger partial charge is 1.00 e. The summed E-state index contributed by atoms with van der Waals surface area (Å²) in [5.74, 6) is -0.454. The molecule has 30 heavy (non-hydrogen) atoms. The van der Waals surface area contributed by atoms with Gasteiger partial charge in [-0.2, -0.15) is 0 Å². The first-order valence-electron chi connectivity index (χ1n) is 8.20. The summed E-state index contributed by atoms with van der Waals surface area (Å²) in [6.45, 7) is 0. The zero-order valence-corrected chi connectivity index (χ0v) is 20.1. The van der Waals surface area contributed by atoms with E-state index in [9.17, 15) is 15.0 Å². The summed E-state index contributed by atoms with van der Waals surface area (Å²) in [6.07, 6.45) is 0. The van der Waals surface area contributed by atoms with Crippen molar-refractivity contribution < 1.29 is 54.0 Å². The average Bonchev–Trinajstić information content (AvgIpc) is 2.97. The summed E-state index contributed by atoms with van der Waals surface area (Å²) in [7, 11) is 0. The molecule has 146 valence electrons. The van der Waals surface area contributed by atoms with Crippen molar-refractivity contribution in [3.05, 3.63) is 78.7 Å². The fourth-order valence-corrected chi connectivity index (χ4v) is 4.87. The van der Waals surface area contributed by atoms with E-state index in [1.54, 1.807) is 12.1 Å². The van der Waals surface area contributed by atoms with Gasteiger partial charge in [-0.25, -0.2) is 4.79 Å². The molecule has 2 N–H and O–H groups in total. The molecule has 0 aliphatic carbocycles. The second-order valence-electron chi connectivity index (χ2n) is 6.54. The first-order valence-corrected chi connectivity index (χ1v) is 9.71. The molecule has 2 aliphatic rings. The van der Waals surface area contributed by atoms with Crippen LogP contribution in [0.25, 0.3) is 0 Å². The number of hydrogen-bond acceptors (Lipinski definition) is 5. The van der Waals surface area contributed by atoms with Crippen LogP contribution in [0.4, 0.5) is 0 Å². The standard InChI is InChI=1S/C20H8Cl4O5.Na/c21-15-13-14(16(22)18(24)17(15)23)20(29-19(13)27)9-3-1-7(25)5-11(9)28-12-6-8(26)2-4-10(12)20;/h1-6,25-26H;/q;+1. The predicted octanol–water partition coefficient (Wildman–Crippen LogP) is 3.28. The minimum Gasteiger partial charge on any atom is -0.508 e. The summed E-state index contributed by atoms with van der Waals surface area (Å²) in [4.78, 5) is 12.9. The van der Waals surface area contributed by atoms with Crippen LogP contribution in [0.1, 0.15) is 27.0 Å². The number of fused-ring (bicyclic) bond motifs is 6. The summed E-state index contributed by atoms with van der Waals surface area (Å²) in [5.41, 5.74) is -0.559. The maximum Gasteiger partial charge on any atom is 1.00 e. The van der Waals surface area contributed by atoms with Crippen molar-refractivity contribution in [2.45, 2.75) is 5.60 Å². The third kappa shape index (κ3) is 2.77. The molecule has 3 aromatic carbocycles. The number of phenolic OH excluding ortho intramolecular Hbond substituents is 2. The Balaban J connectivity index is 0.00000218. The van der Waals surface area contributed by atoms with E-state index in [1.807, 2.05) is 0 Å². The summed E-state index contributed by atoms with van der Waals surface area (Å²) in [5, 5.41) is 19.7. The van der Waals surface area contributed by atoms with Gasteiger partial charge in [-0.15, -0.1) is 0 Å². The van der Waals surface area contributed by atoms with E-state index in [2.05, 4.69) is 0 Å². The van der Waals surface area contributed by atoms with Crippen LogP contribution in [0.15, 0.2) is 36.4 Å². The smallest absolute Gasteiger partial charge is 0.508 e. The zero-order chi connectivity index (χ0) is 20.7. The molecule has 1 spiro atoms. The topological polar surface area (TPSA) is 76.0 Å². The first-order chi connectivity index (χ1) is 13.8. The average molecular weight is 493 g/mol. The van der Waals surface area contributed by atoms with Crippen molar-refractivity contribution in [1.82, 2.24) is 0 Å². The number of hydrogen-bond donors (Lipinski definition) is 2. The Hall–Kier alpha value is -1.31. The molecule has 0 radical (unpaired) electrons. The van der Waals surface area contributed by atoms with Crippen LogP contribution < -0.4 is 34.3 Å². The molecule has 5 rings (SSSR count). The van der Waals surface area contributed by atoms with Crippen LogP contribution in [-0.2, 0) is 10.3 Å². The molecule has 0 atom stereocenters. The Bertz CT molecular complexity index is 1210. The van der Waals surface area contributed by atoms with Gasteiger partial charge in [0.05, 0.1) is 25.7 Å². The van der Waals surface area contributed by atoms with E-state index >= 15 is 0 Å². The SMILES string of the molecule is O=C1OC2(c3ccc(O)cc3Oc3cc(O)ccc32)c2c(Cl)c(Cl)c(Cl)c(Cl)c21.[Na+]. The van der Waals surface area contributed by atoms with Gasteiger partial charge in [0.2, 0.25) is 0 Å². The van der Waals surface area contributed by atoms with Crippen molar-refractivity contribution >= 4 is 52.4 Å². The normalized spacial score (nSPS) is 14.9. The van der Waals surface area contributed by atoms with Crippen molar-refractivity contribution in [2.24, 2.45) is 0 Å². The van der Waals surface area contributed by atoms with Gasteiger partial charge in [0.15, 0.2) is 5.60 Å². The van der Waals surface area contributed by atoms with Gasteiger partial charge in [0.1, 0.15) is 23.0 Å². The molecular weight excluding hydrogens is 485 g/mol. The van der Waals surface area contributed by atoms with Gasteiger partial charge in [-0.05, 0) is 24.3 Å². The van der Waals surface area contributed by atoms with Crippen molar-refractivity contribution in [3.8, 4) is 23.0 Å². The van der Waals surface area contributed by atoms with Crippen LogP contribution in [-0.4, -0.2) is 16.2 Å². The molecule has 0 saturated heterocycles. The van der Waals surface area contributed by atoms with Gasteiger partial charge in [-0.1, -0.05) is 46.4 Å².